The minimum atomic E-state index is 0. The van der Waals surface area contributed by atoms with Gasteiger partial charge in [-0.25, -0.2) is 0 Å². The Balaban J connectivity index is 0.00000312. The second kappa shape index (κ2) is 14.4. The number of rotatable bonds is 11. The summed E-state index contributed by atoms with van der Waals surface area (Å²) in [5.41, 5.74) is 4.02. The van der Waals surface area contributed by atoms with Crippen LogP contribution >= 0.6 is 0 Å². The van der Waals surface area contributed by atoms with Gasteiger partial charge in [-0.05, 0) is 29.5 Å². The molecule has 0 aliphatic carbocycles. The van der Waals surface area contributed by atoms with E-state index in [9.17, 15) is 0 Å². The molecule has 0 aliphatic rings. The molecule has 0 aromatic heterocycles. The third-order valence-corrected chi connectivity index (χ3v) is 4.58. The van der Waals surface area contributed by atoms with Gasteiger partial charge in [0.2, 0.25) is 0 Å². The molecular weight excluding hydrogens is 311 g/mol. The van der Waals surface area contributed by atoms with E-state index in [2.05, 4.69) is 73.7 Å². The summed E-state index contributed by atoms with van der Waals surface area (Å²) < 4.78 is 0. The Bertz CT molecular complexity index is 530. The van der Waals surface area contributed by atoms with Gasteiger partial charge in [0.25, 0.3) is 0 Å². The first-order valence-corrected chi connectivity index (χ1v) is 9.73. The van der Waals surface area contributed by atoms with Gasteiger partial charge < -0.3 is 0 Å². The SMILES string of the molecule is CCCCCCCCCCC=C(c1ccccc1)c1ccccc1.[NaH]. The zero-order valence-corrected chi connectivity index (χ0v) is 15.2. The Hall–Kier alpha value is -0.820. The Morgan fingerprint density at radius 1 is 0.640 bits per heavy atom. The van der Waals surface area contributed by atoms with Crippen LogP contribution in [0.4, 0.5) is 0 Å². The van der Waals surface area contributed by atoms with Gasteiger partial charge in [0.1, 0.15) is 0 Å². The summed E-state index contributed by atoms with van der Waals surface area (Å²) in [4.78, 5) is 0. The molecule has 0 N–H and O–H groups in total. The second-order valence-corrected chi connectivity index (χ2v) is 6.61. The van der Waals surface area contributed by atoms with E-state index in [1.807, 2.05) is 0 Å². The van der Waals surface area contributed by atoms with Crippen LogP contribution < -0.4 is 0 Å². The summed E-state index contributed by atoms with van der Waals surface area (Å²) in [5.74, 6) is 0. The van der Waals surface area contributed by atoms with Crippen molar-refractivity contribution in [3.63, 3.8) is 0 Å². The van der Waals surface area contributed by atoms with Crippen LogP contribution in [0.15, 0.2) is 66.7 Å². The molecule has 0 spiro atoms. The average Bonchev–Trinajstić information content (AvgIpc) is 2.65. The van der Waals surface area contributed by atoms with Gasteiger partial charge in [0, 0.05) is 0 Å². The summed E-state index contributed by atoms with van der Waals surface area (Å²) in [6.07, 6.45) is 14.7. The molecule has 0 radical (unpaired) electrons. The van der Waals surface area contributed by atoms with Crippen molar-refractivity contribution in [2.24, 2.45) is 0 Å². The Morgan fingerprint density at radius 3 is 1.56 bits per heavy atom. The van der Waals surface area contributed by atoms with Crippen LogP contribution in [0.3, 0.4) is 0 Å². The minimum absolute atomic E-state index is 0. The summed E-state index contributed by atoms with van der Waals surface area (Å²) >= 11 is 0. The summed E-state index contributed by atoms with van der Waals surface area (Å²) in [6.45, 7) is 2.28. The Labute approximate surface area is 177 Å². The van der Waals surface area contributed by atoms with Crippen molar-refractivity contribution < 1.29 is 0 Å². The van der Waals surface area contributed by atoms with Crippen molar-refractivity contribution in [2.45, 2.75) is 64.7 Å². The molecule has 0 fully saturated rings. The monoisotopic (exact) mass is 344 g/mol. The second-order valence-electron chi connectivity index (χ2n) is 6.61. The first-order chi connectivity index (χ1) is 11.9. The van der Waals surface area contributed by atoms with Crippen LogP contribution in [0, 0.1) is 0 Å². The van der Waals surface area contributed by atoms with Gasteiger partial charge in [-0.1, -0.05) is 119 Å². The number of benzene rings is 2. The van der Waals surface area contributed by atoms with E-state index in [0.717, 1.165) is 0 Å². The van der Waals surface area contributed by atoms with Crippen molar-refractivity contribution in [2.75, 3.05) is 0 Å². The van der Waals surface area contributed by atoms with Crippen molar-refractivity contribution in [1.29, 1.82) is 0 Å². The van der Waals surface area contributed by atoms with Gasteiger partial charge >= 0.3 is 29.6 Å². The topological polar surface area (TPSA) is 0 Å². The molecule has 0 amide bonds. The molecule has 0 atom stereocenters. The molecule has 2 aromatic carbocycles. The first kappa shape index (κ1) is 22.2. The van der Waals surface area contributed by atoms with Crippen molar-refractivity contribution >= 4 is 35.1 Å². The molecular formula is C24H33Na. The number of hydrogen-bond acceptors (Lipinski definition) is 0. The Morgan fingerprint density at radius 2 is 1.08 bits per heavy atom. The zero-order chi connectivity index (χ0) is 16.9. The molecule has 0 saturated heterocycles. The molecule has 0 saturated carbocycles. The molecule has 130 valence electrons. The summed E-state index contributed by atoms with van der Waals surface area (Å²) in [5, 5.41) is 0. The average molecular weight is 345 g/mol. The quantitative estimate of drug-likeness (QED) is 0.304. The van der Waals surface area contributed by atoms with E-state index >= 15 is 0 Å². The van der Waals surface area contributed by atoms with Gasteiger partial charge in [0.05, 0.1) is 0 Å². The standard InChI is InChI=1S/C24H32.Na.H/c1-2-3-4-5-6-7-8-9-16-21-24(22-17-12-10-13-18-22)23-19-14-11-15-20-23;;/h10-15,17-21H,2-9,16H2,1H3;;. The van der Waals surface area contributed by atoms with E-state index in [1.165, 1.54) is 74.5 Å². The molecule has 2 aromatic rings. The molecule has 0 heterocycles. The van der Waals surface area contributed by atoms with E-state index < -0.39 is 0 Å². The van der Waals surface area contributed by atoms with E-state index in [1.54, 1.807) is 0 Å². The van der Waals surface area contributed by atoms with Crippen LogP contribution in [0.1, 0.15) is 75.8 Å². The molecule has 2 rings (SSSR count). The number of hydrogen-bond donors (Lipinski definition) is 0. The van der Waals surface area contributed by atoms with Crippen LogP contribution in [0.5, 0.6) is 0 Å². The fourth-order valence-corrected chi connectivity index (χ4v) is 3.16. The predicted octanol–water partition coefficient (Wildman–Crippen LogP) is 7.00. The molecule has 0 bridgehead atoms. The van der Waals surface area contributed by atoms with Crippen LogP contribution in [-0.2, 0) is 0 Å². The molecule has 0 aliphatic heterocycles. The first-order valence-electron chi connectivity index (χ1n) is 9.73. The van der Waals surface area contributed by atoms with E-state index in [4.69, 9.17) is 0 Å². The van der Waals surface area contributed by atoms with Gasteiger partial charge in [-0.15, -0.1) is 0 Å². The van der Waals surface area contributed by atoms with Crippen LogP contribution in [0.2, 0.25) is 0 Å². The van der Waals surface area contributed by atoms with E-state index in [-0.39, 0.29) is 29.6 Å². The van der Waals surface area contributed by atoms with Crippen molar-refractivity contribution in [1.82, 2.24) is 0 Å². The van der Waals surface area contributed by atoms with Crippen molar-refractivity contribution in [3.05, 3.63) is 77.9 Å². The zero-order valence-electron chi connectivity index (χ0n) is 15.2. The summed E-state index contributed by atoms with van der Waals surface area (Å²) in [7, 11) is 0. The molecule has 1 heteroatoms. The normalized spacial score (nSPS) is 10.1. The maximum absolute atomic E-state index is 2.43. The van der Waals surface area contributed by atoms with Crippen molar-refractivity contribution in [3.8, 4) is 0 Å². The third-order valence-electron chi connectivity index (χ3n) is 4.58. The van der Waals surface area contributed by atoms with Gasteiger partial charge in [-0.2, -0.15) is 0 Å². The maximum atomic E-state index is 2.43. The molecule has 0 nitrogen and oxygen atoms in total. The number of unbranched alkanes of at least 4 members (excludes halogenated alkanes) is 8. The fraction of sp³-hybridized carbons (Fsp3) is 0.417. The summed E-state index contributed by atoms with van der Waals surface area (Å²) in [6, 6.07) is 21.5. The fourth-order valence-electron chi connectivity index (χ4n) is 3.16. The predicted molar refractivity (Wildman–Crippen MR) is 114 cm³/mol. The molecule has 25 heavy (non-hydrogen) atoms. The van der Waals surface area contributed by atoms with Crippen LogP contribution in [-0.4, -0.2) is 29.6 Å². The van der Waals surface area contributed by atoms with E-state index in [0.29, 0.717) is 0 Å². The number of allylic oxidation sites excluding steroid dienone is 1. The van der Waals surface area contributed by atoms with Gasteiger partial charge in [0.15, 0.2) is 0 Å². The Kier molecular flexibility index (Phi) is 12.8. The molecule has 0 unspecified atom stereocenters. The van der Waals surface area contributed by atoms with Crippen LogP contribution in [0.25, 0.3) is 5.57 Å². The third kappa shape index (κ3) is 8.90. The van der Waals surface area contributed by atoms with Gasteiger partial charge in [-0.3, -0.25) is 0 Å².